The average Bonchev–Trinajstić information content (AvgIpc) is 3.52. The number of ether oxygens (including phenoxy) is 3. The lowest BCUT2D eigenvalue weighted by Crippen LogP contribution is -2.50. The largest absolute Gasteiger partial charge is 0.587 e. The first kappa shape index (κ1) is 30.2. The van der Waals surface area contributed by atoms with Crippen molar-refractivity contribution in [2.75, 3.05) is 26.6 Å². The number of H-pyrrole nitrogens is 1. The Hall–Kier alpha value is -4.31. The van der Waals surface area contributed by atoms with Crippen LogP contribution in [-0.4, -0.2) is 69.8 Å². The molecule has 1 saturated heterocycles. The van der Waals surface area contributed by atoms with Gasteiger partial charge in [-0.15, -0.1) is 0 Å². The Labute approximate surface area is 240 Å². The number of aliphatic hydroxyl groups excluding tert-OH is 1. The van der Waals surface area contributed by atoms with Crippen molar-refractivity contribution < 1.29 is 50.6 Å². The van der Waals surface area contributed by atoms with Gasteiger partial charge in [0.1, 0.15) is 29.1 Å². The van der Waals surface area contributed by atoms with Gasteiger partial charge in [-0.05, 0) is 48.5 Å². The summed E-state index contributed by atoms with van der Waals surface area (Å²) in [5.74, 6) is 0.384. The molecule has 0 radical (unpaired) electrons. The highest BCUT2D eigenvalue weighted by atomic mass is 31.2. The van der Waals surface area contributed by atoms with Gasteiger partial charge in [-0.1, -0.05) is 0 Å². The van der Waals surface area contributed by atoms with Crippen LogP contribution in [0.15, 0.2) is 59.7 Å². The quantitative estimate of drug-likeness (QED) is 0.207. The zero-order valence-electron chi connectivity index (χ0n) is 22.4. The SMILES string of the molecule is COc1ccc(OP(=O)(OC[C@@]2(C(F)F)O[C@@H](n3cnc4c(=O)[nH]c(N)nc43)[C@H](O)[C@H]2F)Oc2ccc(OC)cc2)cc1. The zero-order valence-corrected chi connectivity index (χ0v) is 23.3. The van der Waals surface area contributed by atoms with Crippen molar-refractivity contribution in [1.29, 1.82) is 0 Å². The third kappa shape index (κ3) is 5.84. The number of hydrogen-bond donors (Lipinski definition) is 3. The van der Waals surface area contributed by atoms with Gasteiger partial charge in [0.2, 0.25) is 5.95 Å². The maximum Gasteiger partial charge on any atom is 0.587 e. The van der Waals surface area contributed by atoms with E-state index in [2.05, 4.69) is 15.0 Å². The van der Waals surface area contributed by atoms with Crippen LogP contribution in [0.5, 0.6) is 23.0 Å². The smallest absolute Gasteiger partial charge is 0.497 e. The van der Waals surface area contributed by atoms with Gasteiger partial charge in [0.15, 0.2) is 29.2 Å². The highest BCUT2D eigenvalue weighted by Gasteiger charge is 2.63. The fraction of sp³-hybridized carbons (Fsp3) is 0.320. The fourth-order valence-corrected chi connectivity index (χ4v) is 5.54. The van der Waals surface area contributed by atoms with Crippen LogP contribution in [0.4, 0.5) is 19.1 Å². The number of nitrogens with two attached hydrogens (primary N) is 1. The number of nitrogens with one attached hydrogen (secondary N) is 1. The fourth-order valence-electron chi connectivity index (χ4n) is 4.27. The van der Waals surface area contributed by atoms with Crippen LogP contribution in [0.2, 0.25) is 0 Å². The maximum atomic E-state index is 15.6. The zero-order chi connectivity index (χ0) is 30.9. The summed E-state index contributed by atoms with van der Waals surface area (Å²) in [6.07, 6.45) is -9.59. The van der Waals surface area contributed by atoms with Gasteiger partial charge in [0.25, 0.3) is 12.0 Å². The molecular weight excluding hydrogens is 602 g/mol. The van der Waals surface area contributed by atoms with E-state index in [0.717, 1.165) is 10.9 Å². The van der Waals surface area contributed by atoms with Crippen LogP contribution < -0.4 is 29.8 Å². The summed E-state index contributed by atoms with van der Waals surface area (Å²) in [4.78, 5) is 22.1. The molecular formula is C25H25F3N5O9P. The summed E-state index contributed by atoms with van der Waals surface area (Å²) in [5.41, 5.74) is 1.09. The lowest BCUT2D eigenvalue weighted by Gasteiger charge is -2.30. The van der Waals surface area contributed by atoms with Crippen molar-refractivity contribution in [2.45, 2.75) is 30.5 Å². The standard InChI is InChI=1S/C25H25F3N5O9P/c1-37-13-3-7-15(8-4-13)41-43(36,42-16-9-5-14(38-2)6-10-16)39-11-25(23(27)28)19(26)18(34)22(40-25)33-12-30-17-20(33)31-24(29)32-21(17)35/h3-10,12,18-19,22-23,34H,11H2,1-2H3,(H3,29,31,32,35)/t18-,19-,22-,25-/m1/s1. The molecule has 1 fully saturated rings. The predicted octanol–water partition coefficient (Wildman–Crippen LogP) is 3.23. The van der Waals surface area contributed by atoms with Crippen molar-refractivity contribution in [3.8, 4) is 23.0 Å². The molecule has 1 aliphatic heterocycles. The number of aliphatic hydroxyl groups is 1. The van der Waals surface area contributed by atoms with Gasteiger partial charge in [-0.3, -0.25) is 18.9 Å². The van der Waals surface area contributed by atoms with E-state index in [4.69, 9.17) is 33.5 Å². The number of hydrogen-bond acceptors (Lipinski definition) is 12. The number of benzene rings is 2. The Kier molecular flexibility index (Phi) is 8.25. The first-order chi connectivity index (χ1) is 20.5. The number of phosphoric ester groups is 1. The van der Waals surface area contributed by atoms with E-state index in [0.29, 0.717) is 11.5 Å². The number of halogens is 3. The summed E-state index contributed by atoms with van der Waals surface area (Å²) in [7, 11) is -2.01. The Bertz CT molecular complexity index is 1640. The number of rotatable bonds is 11. The first-order valence-electron chi connectivity index (χ1n) is 12.4. The Morgan fingerprint density at radius 1 is 1.07 bits per heavy atom. The Balaban J connectivity index is 1.46. The molecule has 4 aromatic rings. The molecule has 18 heteroatoms. The van der Waals surface area contributed by atoms with Crippen molar-refractivity contribution >= 4 is 24.9 Å². The maximum absolute atomic E-state index is 15.6. The number of aromatic nitrogens is 4. The summed E-state index contributed by atoms with van der Waals surface area (Å²) < 4.78 is 91.2. The second-order valence-electron chi connectivity index (χ2n) is 9.19. The number of nitrogen functional groups attached to an aromatic ring is 1. The van der Waals surface area contributed by atoms with Crippen LogP contribution in [0.1, 0.15) is 6.23 Å². The molecule has 0 unspecified atom stereocenters. The van der Waals surface area contributed by atoms with Gasteiger partial charge >= 0.3 is 7.82 Å². The molecule has 2 aromatic carbocycles. The number of nitrogens with zero attached hydrogens (tertiary/aromatic N) is 3. The van der Waals surface area contributed by atoms with Gasteiger partial charge in [0, 0.05) is 0 Å². The lowest BCUT2D eigenvalue weighted by molar-refractivity contribution is -0.182. The molecule has 4 N–H and O–H groups in total. The molecule has 0 bridgehead atoms. The van der Waals surface area contributed by atoms with Crippen LogP contribution in [-0.2, 0) is 13.8 Å². The lowest BCUT2D eigenvalue weighted by atomic mass is 9.98. The highest BCUT2D eigenvalue weighted by molar-refractivity contribution is 7.49. The summed E-state index contributed by atoms with van der Waals surface area (Å²) in [5, 5.41) is 10.7. The summed E-state index contributed by atoms with van der Waals surface area (Å²) >= 11 is 0. The van der Waals surface area contributed by atoms with Gasteiger partial charge in [-0.25, -0.2) is 22.7 Å². The minimum atomic E-state index is -4.86. The Morgan fingerprint density at radius 2 is 1.60 bits per heavy atom. The predicted molar refractivity (Wildman–Crippen MR) is 143 cm³/mol. The van der Waals surface area contributed by atoms with E-state index >= 15 is 4.39 Å². The third-order valence-corrected chi connectivity index (χ3v) is 7.81. The normalized spacial score (nSPS) is 22.2. The molecule has 0 saturated carbocycles. The monoisotopic (exact) mass is 627 g/mol. The third-order valence-electron chi connectivity index (χ3n) is 6.49. The number of anilines is 1. The molecule has 230 valence electrons. The van der Waals surface area contributed by atoms with Crippen LogP contribution in [0, 0.1) is 0 Å². The van der Waals surface area contributed by atoms with E-state index < -0.39 is 50.5 Å². The topological polar surface area (TPSA) is 182 Å². The molecule has 3 heterocycles. The molecule has 1 aliphatic rings. The molecule has 4 atom stereocenters. The van der Waals surface area contributed by atoms with E-state index in [9.17, 15) is 23.2 Å². The van der Waals surface area contributed by atoms with E-state index in [1.807, 2.05) is 0 Å². The summed E-state index contributed by atoms with van der Waals surface area (Å²) in [6.45, 7) is -1.41. The van der Waals surface area contributed by atoms with E-state index in [-0.39, 0.29) is 28.6 Å². The van der Waals surface area contributed by atoms with Crippen LogP contribution in [0.25, 0.3) is 11.2 Å². The van der Waals surface area contributed by atoms with E-state index in [1.54, 1.807) is 0 Å². The van der Waals surface area contributed by atoms with Crippen molar-refractivity contribution in [2.24, 2.45) is 0 Å². The second kappa shape index (κ2) is 11.8. The summed E-state index contributed by atoms with van der Waals surface area (Å²) in [6, 6.07) is 11.3. The number of fused-ring (bicyclic) bond motifs is 1. The van der Waals surface area contributed by atoms with Crippen molar-refractivity contribution in [1.82, 2.24) is 19.5 Å². The van der Waals surface area contributed by atoms with Gasteiger partial charge in [0.05, 0.1) is 27.2 Å². The number of methoxy groups -OCH3 is 2. The number of alkyl halides is 3. The van der Waals surface area contributed by atoms with Crippen molar-refractivity contribution in [3.05, 3.63) is 65.2 Å². The number of phosphoric acid groups is 1. The van der Waals surface area contributed by atoms with Gasteiger partial charge in [-0.2, -0.15) is 4.98 Å². The average molecular weight is 627 g/mol. The molecule has 0 aliphatic carbocycles. The molecule has 2 aromatic heterocycles. The second-order valence-corrected chi connectivity index (χ2v) is 10.7. The minimum Gasteiger partial charge on any atom is -0.497 e. The molecule has 43 heavy (non-hydrogen) atoms. The van der Waals surface area contributed by atoms with Gasteiger partial charge < -0.3 is 34.1 Å². The minimum absolute atomic E-state index is 0.0652. The molecule has 0 amide bonds. The molecule has 14 nitrogen and oxygen atoms in total. The Morgan fingerprint density at radius 3 is 2.12 bits per heavy atom. The van der Waals surface area contributed by atoms with Crippen LogP contribution in [0.3, 0.4) is 0 Å². The highest BCUT2D eigenvalue weighted by Crippen LogP contribution is 2.53. The van der Waals surface area contributed by atoms with E-state index in [1.165, 1.54) is 62.8 Å². The van der Waals surface area contributed by atoms with Crippen molar-refractivity contribution in [3.63, 3.8) is 0 Å². The molecule has 0 spiro atoms. The first-order valence-corrected chi connectivity index (χ1v) is 13.9. The molecule has 5 rings (SSSR count). The number of imidazole rings is 1. The number of aromatic amines is 1. The van der Waals surface area contributed by atoms with Crippen LogP contribution >= 0.6 is 7.82 Å².